The van der Waals surface area contributed by atoms with Gasteiger partial charge in [-0.2, -0.15) is 0 Å². The number of phenolic OH excluding ortho intramolecular Hbond substituents is 1. The van der Waals surface area contributed by atoms with Crippen molar-refractivity contribution < 1.29 is 20.5 Å². The van der Waals surface area contributed by atoms with E-state index in [0.717, 1.165) is 5.56 Å². The number of hydrogen-bond donors (Lipinski definition) is 3. The highest BCUT2D eigenvalue weighted by Crippen LogP contribution is 2.10. The Morgan fingerprint density at radius 1 is 1.33 bits per heavy atom. The Bertz CT molecular complexity index is 301. The number of aromatic hydroxyl groups is 1. The number of hydrogen-bond acceptors (Lipinski definition) is 3. The molecule has 15 heavy (non-hydrogen) atoms. The Hall–Kier alpha value is -1.30. The molecule has 1 unspecified atom stereocenters. The average molecular weight is 236 g/mol. The van der Waals surface area contributed by atoms with Gasteiger partial charge in [-0.25, -0.2) is 0 Å². The van der Waals surface area contributed by atoms with E-state index in [4.69, 9.17) is 15.9 Å². The fraction of sp³-hybridized carbons (Fsp3) is 0.222. The molecule has 0 aliphatic heterocycles. The van der Waals surface area contributed by atoms with Gasteiger partial charge in [0.05, 0.1) is 0 Å². The molecule has 1 aromatic carbocycles. The van der Waals surface area contributed by atoms with Gasteiger partial charge in [0.15, 0.2) is 0 Å². The van der Waals surface area contributed by atoms with Crippen molar-refractivity contribution in [1.29, 1.82) is 0 Å². The van der Waals surface area contributed by atoms with E-state index >= 15 is 0 Å². The number of rotatable bonds is 3. The Balaban J connectivity index is 0. The van der Waals surface area contributed by atoms with Gasteiger partial charge < -0.3 is 21.4 Å². The van der Waals surface area contributed by atoms with Gasteiger partial charge in [0, 0.05) is 0 Å². The normalized spacial score (nSPS) is 10.7. The summed E-state index contributed by atoms with van der Waals surface area (Å²) in [6.45, 7) is 0. The SMILES string of the molecule is Cl.NC(Cc1ccc(O)cc1)C(=O)O.O. The van der Waals surface area contributed by atoms with Crippen LogP contribution < -0.4 is 5.73 Å². The summed E-state index contributed by atoms with van der Waals surface area (Å²) < 4.78 is 0. The number of benzene rings is 1. The fourth-order valence-electron chi connectivity index (χ4n) is 0.973. The molecule has 0 aliphatic carbocycles. The average Bonchev–Trinajstić information content (AvgIpc) is 2.08. The molecule has 1 rings (SSSR count). The van der Waals surface area contributed by atoms with Crippen LogP contribution in [0.2, 0.25) is 0 Å². The largest absolute Gasteiger partial charge is 0.508 e. The van der Waals surface area contributed by atoms with Crippen LogP contribution in [0.25, 0.3) is 0 Å². The quantitative estimate of drug-likeness (QED) is 0.681. The second-order valence-electron chi connectivity index (χ2n) is 2.82. The van der Waals surface area contributed by atoms with E-state index in [1.54, 1.807) is 12.1 Å². The minimum Gasteiger partial charge on any atom is -0.508 e. The van der Waals surface area contributed by atoms with Crippen molar-refractivity contribution in [3.63, 3.8) is 0 Å². The maximum Gasteiger partial charge on any atom is 0.320 e. The summed E-state index contributed by atoms with van der Waals surface area (Å²) in [5, 5.41) is 17.5. The highest BCUT2D eigenvalue weighted by atomic mass is 35.5. The molecule has 6 N–H and O–H groups in total. The summed E-state index contributed by atoms with van der Waals surface area (Å²) in [5.41, 5.74) is 6.12. The van der Waals surface area contributed by atoms with Gasteiger partial charge >= 0.3 is 5.97 Å². The third-order valence-electron chi connectivity index (χ3n) is 1.71. The number of phenols is 1. The first-order valence-corrected chi connectivity index (χ1v) is 3.86. The molecule has 0 amide bonds. The summed E-state index contributed by atoms with van der Waals surface area (Å²) in [6.07, 6.45) is 0.273. The van der Waals surface area contributed by atoms with Gasteiger partial charge in [0.2, 0.25) is 0 Å². The molecule has 0 fully saturated rings. The molecule has 0 aliphatic rings. The first-order valence-electron chi connectivity index (χ1n) is 3.86. The molecule has 0 spiro atoms. The minimum atomic E-state index is -1.02. The first kappa shape index (κ1) is 16.1. The predicted molar refractivity (Wildman–Crippen MR) is 58.3 cm³/mol. The van der Waals surface area contributed by atoms with E-state index in [1.165, 1.54) is 12.1 Å². The van der Waals surface area contributed by atoms with Crippen LogP contribution in [-0.4, -0.2) is 27.7 Å². The number of halogens is 1. The lowest BCUT2D eigenvalue weighted by Gasteiger charge is -2.05. The van der Waals surface area contributed by atoms with Gasteiger partial charge in [0.25, 0.3) is 0 Å². The van der Waals surface area contributed by atoms with Crippen LogP contribution >= 0.6 is 12.4 Å². The second-order valence-corrected chi connectivity index (χ2v) is 2.82. The number of carboxylic acids is 1. The Kier molecular flexibility index (Phi) is 7.59. The summed E-state index contributed by atoms with van der Waals surface area (Å²) in [5.74, 6) is -0.860. The maximum atomic E-state index is 10.4. The van der Waals surface area contributed by atoms with Crippen LogP contribution in [0.5, 0.6) is 5.75 Å². The standard InChI is InChI=1S/C9H11NO3.ClH.H2O/c10-8(9(12)13)5-6-1-3-7(11)4-2-6;;/h1-4,8,11H,5,10H2,(H,12,13);1H;1H2. The van der Waals surface area contributed by atoms with Gasteiger partial charge in [-0.1, -0.05) is 12.1 Å². The topological polar surface area (TPSA) is 115 Å². The zero-order chi connectivity index (χ0) is 9.84. The van der Waals surface area contributed by atoms with Crippen LogP contribution in [0.3, 0.4) is 0 Å². The molecule has 0 saturated carbocycles. The van der Waals surface area contributed by atoms with Crippen LogP contribution in [0.1, 0.15) is 5.56 Å². The third kappa shape index (κ3) is 5.21. The van der Waals surface area contributed by atoms with Crippen molar-refractivity contribution in [3.05, 3.63) is 29.8 Å². The highest BCUT2D eigenvalue weighted by Gasteiger charge is 2.11. The third-order valence-corrected chi connectivity index (χ3v) is 1.71. The lowest BCUT2D eigenvalue weighted by atomic mass is 10.1. The summed E-state index contributed by atoms with van der Waals surface area (Å²) >= 11 is 0. The molecule has 0 bridgehead atoms. The lowest BCUT2D eigenvalue weighted by molar-refractivity contribution is -0.138. The summed E-state index contributed by atoms with van der Waals surface area (Å²) in [6, 6.07) is 5.42. The van der Waals surface area contributed by atoms with Crippen molar-refractivity contribution in [2.24, 2.45) is 5.73 Å². The molecule has 6 heteroatoms. The van der Waals surface area contributed by atoms with Crippen LogP contribution in [0.15, 0.2) is 24.3 Å². The Labute approximate surface area is 93.2 Å². The van der Waals surface area contributed by atoms with E-state index in [-0.39, 0.29) is 30.1 Å². The molecule has 0 saturated heterocycles. The highest BCUT2D eigenvalue weighted by molar-refractivity contribution is 5.85. The van der Waals surface area contributed by atoms with Gasteiger partial charge in [-0.05, 0) is 24.1 Å². The second kappa shape index (κ2) is 7.05. The Morgan fingerprint density at radius 3 is 2.20 bits per heavy atom. The van der Waals surface area contributed by atoms with E-state index in [0.29, 0.717) is 0 Å². The molecule has 0 radical (unpaired) electrons. The summed E-state index contributed by atoms with van der Waals surface area (Å²) in [7, 11) is 0. The molecular formula is C9H14ClNO4. The number of aliphatic carboxylic acids is 1. The Morgan fingerprint density at radius 2 is 1.80 bits per heavy atom. The van der Waals surface area contributed by atoms with Crippen molar-refractivity contribution in [1.82, 2.24) is 0 Å². The van der Waals surface area contributed by atoms with E-state index in [1.807, 2.05) is 0 Å². The monoisotopic (exact) mass is 235 g/mol. The maximum absolute atomic E-state index is 10.4. The molecule has 1 aromatic rings. The zero-order valence-corrected chi connectivity index (χ0v) is 8.70. The summed E-state index contributed by atoms with van der Waals surface area (Å²) in [4.78, 5) is 10.4. The zero-order valence-electron chi connectivity index (χ0n) is 7.88. The molecule has 1 atom stereocenters. The van der Waals surface area contributed by atoms with Crippen molar-refractivity contribution in [2.75, 3.05) is 0 Å². The van der Waals surface area contributed by atoms with Crippen LogP contribution in [0.4, 0.5) is 0 Å². The molecule has 0 aromatic heterocycles. The van der Waals surface area contributed by atoms with Gasteiger partial charge in [0.1, 0.15) is 11.8 Å². The number of nitrogens with two attached hydrogens (primary N) is 1. The van der Waals surface area contributed by atoms with E-state index in [2.05, 4.69) is 0 Å². The van der Waals surface area contributed by atoms with Crippen LogP contribution in [-0.2, 0) is 11.2 Å². The lowest BCUT2D eigenvalue weighted by Crippen LogP contribution is -2.32. The van der Waals surface area contributed by atoms with E-state index < -0.39 is 12.0 Å². The van der Waals surface area contributed by atoms with Crippen molar-refractivity contribution in [3.8, 4) is 5.75 Å². The fourth-order valence-corrected chi connectivity index (χ4v) is 0.973. The number of carbonyl (C=O) groups is 1. The van der Waals surface area contributed by atoms with Crippen molar-refractivity contribution >= 4 is 18.4 Å². The molecule has 86 valence electrons. The van der Waals surface area contributed by atoms with Crippen LogP contribution in [0, 0.1) is 0 Å². The number of carboxylic acid groups (broad SMARTS) is 1. The minimum absolute atomic E-state index is 0. The van der Waals surface area contributed by atoms with Gasteiger partial charge in [-0.3, -0.25) is 4.79 Å². The first-order chi connectivity index (χ1) is 6.09. The molecular weight excluding hydrogens is 222 g/mol. The molecule has 0 heterocycles. The van der Waals surface area contributed by atoms with Crippen molar-refractivity contribution in [2.45, 2.75) is 12.5 Å². The smallest absolute Gasteiger partial charge is 0.320 e. The predicted octanol–water partition coefficient (Wildman–Crippen LogP) is -0.0563. The van der Waals surface area contributed by atoms with Gasteiger partial charge in [-0.15, -0.1) is 12.4 Å². The molecule has 5 nitrogen and oxygen atoms in total. The van der Waals surface area contributed by atoms with E-state index in [9.17, 15) is 4.79 Å².